The zero-order valence-electron chi connectivity index (χ0n) is 6.88. The van der Waals surface area contributed by atoms with E-state index in [2.05, 4.69) is 26.5 Å². The molecule has 0 nitrogen and oxygen atoms in total. The van der Waals surface area contributed by atoms with Crippen LogP contribution in [-0.2, 0) is 0 Å². The highest BCUT2D eigenvalue weighted by Crippen LogP contribution is 2.62. The van der Waals surface area contributed by atoms with E-state index >= 15 is 0 Å². The summed E-state index contributed by atoms with van der Waals surface area (Å²) in [5, 5.41) is 0. The first-order chi connectivity index (χ1) is 4.75. The molecule has 0 spiro atoms. The minimum absolute atomic E-state index is 0.895. The smallest absolute Gasteiger partial charge is 0.0171 e. The third-order valence-corrected chi connectivity index (χ3v) is 3.71. The van der Waals surface area contributed by atoms with Gasteiger partial charge in [0.25, 0.3) is 0 Å². The third-order valence-electron chi connectivity index (χ3n) is 3.71. The van der Waals surface area contributed by atoms with Crippen LogP contribution in [0.1, 0.15) is 20.3 Å². The summed E-state index contributed by atoms with van der Waals surface area (Å²) in [6.45, 7) is 8.65. The molecular formula is C10H16. The Morgan fingerprint density at radius 3 is 2.50 bits per heavy atom. The molecule has 2 aliphatic carbocycles. The van der Waals surface area contributed by atoms with Crippen molar-refractivity contribution in [1.29, 1.82) is 0 Å². The molecule has 0 heterocycles. The van der Waals surface area contributed by atoms with Gasteiger partial charge >= 0.3 is 0 Å². The summed E-state index contributed by atoms with van der Waals surface area (Å²) in [6.07, 6.45) is 3.63. The lowest BCUT2D eigenvalue weighted by Gasteiger charge is -2.13. The molecule has 10 heavy (non-hydrogen) atoms. The summed E-state index contributed by atoms with van der Waals surface area (Å²) in [6, 6.07) is 0. The Kier molecular flexibility index (Phi) is 1.21. The van der Waals surface area contributed by atoms with Crippen molar-refractivity contribution in [3.63, 3.8) is 0 Å². The van der Waals surface area contributed by atoms with Crippen molar-refractivity contribution in [3.05, 3.63) is 12.7 Å². The zero-order chi connectivity index (χ0) is 7.30. The second-order valence-electron chi connectivity index (χ2n) is 4.13. The topological polar surface area (TPSA) is 0 Å². The summed E-state index contributed by atoms with van der Waals surface area (Å²) >= 11 is 0. The van der Waals surface area contributed by atoms with Crippen molar-refractivity contribution in [2.45, 2.75) is 20.3 Å². The second kappa shape index (κ2) is 1.87. The summed E-state index contributed by atoms with van der Waals surface area (Å²) in [4.78, 5) is 0. The Hall–Kier alpha value is -0.260. The van der Waals surface area contributed by atoms with Crippen LogP contribution in [0.25, 0.3) is 0 Å². The minimum Gasteiger partial charge on any atom is -0.103 e. The molecule has 2 fully saturated rings. The van der Waals surface area contributed by atoms with E-state index in [4.69, 9.17) is 0 Å². The van der Waals surface area contributed by atoms with Crippen LogP contribution < -0.4 is 0 Å². The molecule has 0 aromatic rings. The number of rotatable bonds is 1. The summed E-state index contributed by atoms with van der Waals surface area (Å²) in [7, 11) is 0. The standard InChI is InChI=1S/C10H16/c1-4-8-9-5-6(2)7(3)10(8)9/h4,6-10H,1,5H2,2-3H3. The summed E-state index contributed by atoms with van der Waals surface area (Å²) in [5.74, 6) is 4.89. The average Bonchev–Trinajstić information content (AvgIpc) is 2.52. The molecule has 0 amide bonds. The molecule has 0 N–H and O–H groups in total. The molecule has 0 bridgehead atoms. The van der Waals surface area contributed by atoms with Gasteiger partial charge in [0, 0.05) is 0 Å². The van der Waals surface area contributed by atoms with Gasteiger partial charge in [-0.25, -0.2) is 0 Å². The van der Waals surface area contributed by atoms with Crippen molar-refractivity contribution in [2.75, 3.05) is 0 Å². The molecule has 5 unspecified atom stereocenters. The largest absolute Gasteiger partial charge is 0.103 e. The van der Waals surface area contributed by atoms with Gasteiger partial charge in [0.05, 0.1) is 0 Å². The van der Waals surface area contributed by atoms with Crippen molar-refractivity contribution >= 4 is 0 Å². The van der Waals surface area contributed by atoms with Crippen molar-refractivity contribution in [3.8, 4) is 0 Å². The first kappa shape index (κ1) is 6.45. The van der Waals surface area contributed by atoms with Gasteiger partial charge in [-0.05, 0) is 36.0 Å². The van der Waals surface area contributed by atoms with Crippen LogP contribution in [0.5, 0.6) is 0 Å². The van der Waals surface area contributed by atoms with Crippen molar-refractivity contribution < 1.29 is 0 Å². The summed E-state index contributed by atoms with van der Waals surface area (Å²) < 4.78 is 0. The van der Waals surface area contributed by atoms with Gasteiger partial charge in [-0.1, -0.05) is 19.9 Å². The van der Waals surface area contributed by atoms with Gasteiger partial charge in [-0.3, -0.25) is 0 Å². The summed E-state index contributed by atoms with van der Waals surface area (Å²) in [5.41, 5.74) is 0. The SMILES string of the molecule is C=CC1C2CC(C)C(C)C12. The van der Waals surface area contributed by atoms with E-state index in [1.807, 2.05) is 0 Å². The Morgan fingerprint density at radius 1 is 1.40 bits per heavy atom. The molecule has 0 aliphatic heterocycles. The van der Waals surface area contributed by atoms with E-state index < -0.39 is 0 Å². The molecule has 0 aromatic carbocycles. The van der Waals surface area contributed by atoms with Crippen LogP contribution >= 0.6 is 0 Å². The highest BCUT2D eigenvalue weighted by Gasteiger charge is 2.56. The van der Waals surface area contributed by atoms with E-state index in [1.165, 1.54) is 6.42 Å². The highest BCUT2D eigenvalue weighted by atomic mass is 14.6. The van der Waals surface area contributed by atoms with Crippen molar-refractivity contribution in [2.24, 2.45) is 29.6 Å². The van der Waals surface area contributed by atoms with Gasteiger partial charge < -0.3 is 0 Å². The van der Waals surface area contributed by atoms with Crippen LogP contribution in [-0.4, -0.2) is 0 Å². The lowest BCUT2D eigenvalue weighted by atomic mass is 9.92. The van der Waals surface area contributed by atoms with Crippen LogP contribution in [0.2, 0.25) is 0 Å². The molecular weight excluding hydrogens is 120 g/mol. The monoisotopic (exact) mass is 136 g/mol. The Balaban J connectivity index is 2.06. The number of hydrogen-bond donors (Lipinski definition) is 0. The Labute approximate surface area is 63.3 Å². The Morgan fingerprint density at radius 2 is 2.10 bits per heavy atom. The molecule has 0 radical (unpaired) electrons. The van der Waals surface area contributed by atoms with E-state index in [-0.39, 0.29) is 0 Å². The van der Waals surface area contributed by atoms with E-state index in [1.54, 1.807) is 0 Å². The molecule has 56 valence electrons. The van der Waals surface area contributed by atoms with Gasteiger partial charge in [-0.15, -0.1) is 6.58 Å². The van der Waals surface area contributed by atoms with Gasteiger partial charge in [0.1, 0.15) is 0 Å². The van der Waals surface area contributed by atoms with Crippen LogP contribution in [0.15, 0.2) is 12.7 Å². The fourth-order valence-electron chi connectivity index (χ4n) is 2.84. The normalized spacial score (nSPS) is 58.0. The van der Waals surface area contributed by atoms with Gasteiger partial charge in [-0.2, -0.15) is 0 Å². The quantitative estimate of drug-likeness (QED) is 0.486. The van der Waals surface area contributed by atoms with E-state index in [9.17, 15) is 0 Å². The predicted octanol–water partition coefficient (Wildman–Crippen LogP) is 2.71. The molecule has 2 aliphatic rings. The maximum absolute atomic E-state index is 3.86. The molecule has 2 saturated carbocycles. The highest BCUT2D eigenvalue weighted by molar-refractivity contribution is 5.12. The fraction of sp³-hybridized carbons (Fsp3) is 0.800. The van der Waals surface area contributed by atoms with Gasteiger partial charge in [0.2, 0.25) is 0 Å². The maximum Gasteiger partial charge on any atom is -0.0171 e. The molecule has 2 rings (SSSR count). The lowest BCUT2D eigenvalue weighted by molar-refractivity contribution is 0.373. The van der Waals surface area contributed by atoms with E-state index in [0.717, 1.165) is 29.6 Å². The van der Waals surface area contributed by atoms with Crippen molar-refractivity contribution in [1.82, 2.24) is 0 Å². The first-order valence-electron chi connectivity index (χ1n) is 4.38. The first-order valence-corrected chi connectivity index (χ1v) is 4.38. The molecule has 5 atom stereocenters. The van der Waals surface area contributed by atoms with Crippen LogP contribution in [0.3, 0.4) is 0 Å². The fourth-order valence-corrected chi connectivity index (χ4v) is 2.84. The Bertz CT molecular complexity index is 159. The third kappa shape index (κ3) is 0.624. The van der Waals surface area contributed by atoms with Crippen LogP contribution in [0.4, 0.5) is 0 Å². The van der Waals surface area contributed by atoms with Crippen LogP contribution in [0, 0.1) is 29.6 Å². The predicted molar refractivity (Wildman–Crippen MR) is 43.6 cm³/mol. The molecule has 0 aromatic heterocycles. The average molecular weight is 136 g/mol. The number of hydrogen-bond acceptors (Lipinski definition) is 0. The molecule has 0 saturated heterocycles. The minimum atomic E-state index is 0.895. The van der Waals surface area contributed by atoms with Gasteiger partial charge in [0.15, 0.2) is 0 Å². The van der Waals surface area contributed by atoms with E-state index in [0.29, 0.717) is 0 Å². The second-order valence-corrected chi connectivity index (χ2v) is 4.13. The maximum atomic E-state index is 3.86. The number of fused-ring (bicyclic) bond motifs is 1. The number of allylic oxidation sites excluding steroid dienone is 1. The lowest BCUT2D eigenvalue weighted by Crippen LogP contribution is -2.06. The zero-order valence-corrected chi connectivity index (χ0v) is 6.88. The molecule has 0 heteroatoms.